The Morgan fingerprint density at radius 2 is 1.85 bits per heavy atom. The third-order valence-electron chi connectivity index (χ3n) is 11.4. The zero-order valence-electron chi connectivity index (χ0n) is 22.9. The summed E-state index contributed by atoms with van der Waals surface area (Å²) in [6.07, 6.45) is 7.91. The Balaban J connectivity index is 1.28. The lowest BCUT2D eigenvalue weighted by Gasteiger charge is -2.65. The number of carbonyl (C=O) groups is 2. The highest BCUT2D eigenvalue weighted by molar-refractivity contribution is 5.85. The van der Waals surface area contributed by atoms with Gasteiger partial charge in [-0.3, -0.25) is 4.79 Å². The summed E-state index contributed by atoms with van der Waals surface area (Å²) in [5, 5.41) is 39.5. The number of benzene rings is 1. The molecule has 6 rings (SSSR count). The van der Waals surface area contributed by atoms with E-state index in [0.717, 1.165) is 24.8 Å². The summed E-state index contributed by atoms with van der Waals surface area (Å²) in [4.78, 5) is 24.5. The summed E-state index contributed by atoms with van der Waals surface area (Å²) in [6.45, 7) is 2.43. The van der Waals surface area contributed by atoms with Crippen LogP contribution in [0.4, 0.5) is 4.39 Å². The van der Waals surface area contributed by atoms with Gasteiger partial charge in [-0.15, -0.1) is 0 Å². The molecular weight excluding hydrogens is 515 g/mol. The molecule has 40 heavy (non-hydrogen) atoms. The number of aliphatic hydroxyl groups excluding tert-OH is 1. The summed E-state index contributed by atoms with van der Waals surface area (Å²) in [5.41, 5.74) is 0.835. The quantitative estimate of drug-likeness (QED) is 0.252. The number of rotatable bonds is 5. The Morgan fingerprint density at radius 1 is 1.10 bits per heavy atom. The summed E-state index contributed by atoms with van der Waals surface area (Å²) in [7, 11) is 0. The van der Waals surface area contributed by atoms with Gasteiger partial charge in [0.15, 0.2) is 0 Å². The lowest BCUT2D eigenvalue weighted by Crippen LogP contribution is -2.68. The van der Waals surface area contributed by atoms with Crippen molar-refractivity contribution in [2.24, 2.45) is 33.7 Å². The molecule has 1 aliphatic heterocycles. The fraction of sp³-hybridized carbons (Fsp3) is 0.645. The number of amides is 1. The molecule has 4 saturated carbocycles. The molecule has 1 amide bonds. The van der Waals surface area contributed by atoms with Gasteiger partial charge in [0, 0.05) is 29.5 Å². The van der Waals surface area contributed by atoms with Crippen LogP contribution in [0.1, 0.15) is 70.3 Å². The van der Waals surface area contributed by atoms with E-state index in [-0.39, 0.29) is 54.9 Å². The van der Waals surface area contributed by atoms with E-state index in [9.17, 15) is 29.3 Å². The molecule has 216 valence electrons. The fourth-order valence-electron chi connectivity index (χ4n) is 9.41. The summed E-state index contributed by atoms with van der Waals surface area (Å²) in [5.74, 6) is -1.14. The normalized spacial score (nSPS) is 42.5. The van der Waals surface area contributed by atoms with E-state index in [1.165, 1.54) is 12.1 Å². The van der Waals surface area contributed by atoms with E-state index in [0.29, 0.717) is 37.7 Å². The minimum absolute atomic E-state index is 0.0429. The van der Waals surface area contributed by atoms with Crippen molar-refractivity contribution in [1.29, 1.82) is 0 Å². The van der Waals surface area contributed by atoms with Crippen LogP contribution in [0.25, 0.3) is 0 Å². The van der Waals surface area contributed by atoms with Gasteiger partial charge in [0.2, 0.25) is 5.91 Å². The number of aliphatic hydroxyl groups is 3. The lowest BCUT2D eigenvalue weighted by molar-refractivity contribution is -0.237. The average molecular weight is 555 g/mol. The van der Waals surface area contributed by atoms with E-state index in [2.05, 4.69) is 17.5 Å². The molecule has 8 nitrogen and oxygen atoms in total. The van der Waals surface area contributed by atoms with Gasteiger partial charge in [-0.05, 0) is 92.4 Å². The third-order valence-corrected chi connectivity index (χ3v) is 11.4. The molecule has 1 heterocycles. The Morgan fingerprint density at radius 3 is 2.58 bits per heavy atom. The van der Waals surface area contributed by atoms with Crippen molar-refractivity contribution in [3.05, 3.63) is 47.3 Å². The minimum atomic E-state index is -1.20. The first-order valence-electron chi connectivity index (χ1n) is 14.6. The maximum atomic E-state index is 13.2. The van der Waals surface area contributed by atoms with Crippen LogP contribution in [0.5, 0.6) is 0 Å². The number of hydrogen-bond donors (Lipinski definition) is 4. The van der Waals surface area contributed by atoms with E-state index in [1.54, 1.807) is 24.4 Å². The van der Waals surface area contributed by atoms with Gasteiger partial charge in [0.25, 0.3) is 0 Å². The van der Waals surface area contributed by atoms with Gasteiger partial charge in [0.1, 0.15) is 12.4 Å². The first kappa shape index (κ1) is 27.5. The maximum absolute atomic E-state index is 13.2. The minimum Gasteiger partial charge on any atom is -0.458 e. The van der Waals surface area contributed by atoms with Crippen LogP contribution in [-0.2, 0) is 20.7 Å². The van der Waals surface area contributed by atoms with E-state index in [4.69, 9.17) is 4.74 Å². The van der Waals surface area contributed by atoms with Crippen LogP contribution < -0.4 is 5.43 Å². The Labute approximate surface area is 233 Å². The average Bonchev–Trinajstić information content (AvgIpc) is 3.45. The number of halogens is 1. The second kappa shape index (κ2) is 9.74. The molecule has 4 fully saturated rings. The molecule has 0 aromatic heterocycles. The van der Waals surface area contributed by atoms with Gasteiger partial charge in [-0.1, -0.05) is 19.1 Å². The molecule has 5 unspecified atom stereocenters. The number of hydrazone groups is 1. The fourth-order valence-corrected chi connectivity index (χ4v) is 9.41. The topological polar surface area (TPSA) is 128 Å². The summed E-state index contributed by atoms with van der Waals surface area (Å²) in [6, 6.07) is 5.73. The highest BCUT2D eigenvalue weighted by Gasteiger charge is 2.71. The van der Waals surface area contributed by atoms with Crippen molar-refractivity contribution in [1.82, 2.24) is 5.43 Å². The molecule has 0 spiro atoms. The van der Waals surface area contributed by atoms with Crippen LogP contribution in [0.15, 0.2) is 41.0 Å². The molecular formula is C31H39FN2O6. The number of nitrogens with one attached hydrogen (secondary N) is 1. The third kappa shape index (κ3) is 4.15. The summed E-state index contributed by atoms with van der Waals surface area (Å²) < 4.78 is 18.5. The van der Waals surface area contributed by atoms with Crippen molar-refractivity contribution in [2.75, 3.05) is 6.61 Å². The predicted molar refractivity (Wildman–Crippen MR) is 144 cm³/mol. The molecule has 0 bridgehead atoms. The second-order valence-corrected chi connectivity index (χ2v) is 13.1. The van der Waals surface area contributed by atoms with Crippen LogP contribution in [0, 0.1) is 34.4 Å². The van der Waals surface area contributed by atoms with E-state index in [1.807, 2.05) is 0 Å². The number of cyclic esters (lactones) is 1. The number of ether oxygens (including phenoxy) is 1. The maximum Gasteiger partial charge on any atom is 0.331 e. The van der Waals surface area contributed by atoms with Gasteiger partial charge >= 0.3 is 5.97 Å². The molecule has 0 radical (unpaired) electrons. The van der Waals surface area contributed by atoms with Crippen LogP contribution >= 0.6 is 0 Å². The number of fused-ring (bicyclic) bond motifs is 5. The lowest BCUT2D eigenvalue weighted by atomic mass is 9.41. The van der Waals surface area contributed by atoms with Crippen molar-refractivity contribution < 1.29 is 34.0 Å². The smallest absolute Gasteiger partial charge is 0.331 e. The molecule has 1 aromatic carbocycles. The first-order valence-corrected chi connectivity index (χ1v) is 14.6. The number of nitrogens with zero attached hydrogens (tertiary/aromatic N) is 1. The second-order valence-electron chi connectivity index (χ2n) is 13.1. The summed E-state index contributed by atoms with van der Waals surface area (Å²) >= 11 is 0. The predicted octanol–water partition coefficient (Wildman–Crippen LogP) is 3.18. The zero-order valence-corrected chi connectivity index (χ0v) is 22.9. The van der Waals surface area contributed by atoms with Crippen molar-refractivity contribution in [3.63, 3.8) is 0 Å². The van der Waals surface area contributed by atoms with Crippen LogP contribution in [0.2, 0.25) is 0 Å². The molecule has 4 N–H and O–H groups in total. The van der Waals surface area contributed by atoms with Gasteiger partial charge in [-0.25, -0.2) is 14.6 Å². The van der Waals surface area contributed by atoms with Crippen LogP contribution in [-0.4, -0.2) is 57.3 Å². The SMILES string of the molecule is CC12CC[C@H]3[C@@H](CCC4(O)C[C@H](O)CCC34C=NNC(=O)Cc3ccc(F)cc3)C1(O)CCC2C1=CC(=O)OC1. The van der Waals surface area contributed by atoms with E-state index < -0.39 is 28.1 Å². The highest BCUT2D eigenvalue weighted by Crippen LogP contribution is 2.70. The molecule has 9 heteroatoms. The molecule has 4 aliphatic carbocycles. The monoisotopic (exact) mass is 554 g/mol. The molecule has 1 aromatic rings. The van der Waals surface area contributed by atoms with Gasteiger partial charge in [-0.2, -0.15) is 5.10 Å². The van der Waals surface area contributed by atoms with Crippen molar-refractivity contribution >= 4 is 18.1 Å². The molecule has 5 aliphatic rings. The largest absolute Gasteiger partial charge is 0.458 e. The molecule has 0 saturated heterocycles. The van der Waals surface area contributed by atoms with Crippen molar-refractivity contribution in [2.45, 2.75) is 88.4 Å². The van der Waals surface area contributed by atoms with Gasteiger partial charge < -0.3 is 20.1 Å². The van der Waals surface area contributed by atoms with Gasteiger partial charge in [0.05, 0.1) is 23.7 Å². The first-order chi connectivity index (χ1) is 19.0. The highest BCUT2D eigenvalue weighted by atomic mass is 19.1. The molecule has 8 atom stereocenters. The Kier molecular flexibility index (Phi) is 6.71. The zero-order chi connectivity index (χ0) is 28.3. The number of esters is 1. The number of hydrogen-bond acceptors (Lipinski definition) is 7. The Hall–Kier alpha value is -2.62. The van der Waals surface area contributed by atoms with Crippen molar-refractivity contribution in [3.8, 4) is 0 Å². The van der Waals surface area contributed by atoms with E-state index >= 15 is 0 Å². The standard InChI is InChI=1S/C31H39FN2O6/c1-28-10-7-24-25(31(28,39)13-9-23(28)20-15-27(37)40-17-20)8-12-30(38)16-22(35)6-11-29(24,30)18-33-34-26(36)14-19-2-4-21(32)5-3-19/h2-5,15,18,22-25,35,38-39H,6-14,16-17H2,1H3,(H,34,36)/t22-,23?,24+,25-,28?,29?,30?,31?/m1/s1. The Bertz CT molecular complexity index is 1250. The number of carbonyl (C=O) groups excluding carboxylic acids is 2. The van der Waals surface area contributed by atoms with Crippen LogP contribution in [0.3, 0.4) is 0 Å².